The Balaban J connectivity index is 2.27. The summed E-state index contributed by atoms with van der Waals surface area (Å²) < 4.78 is 4.67. The highest BCUT2D eigenvalue weighted by Gasteiger charge is 2.25. The summed E-state index contributed by atoms with van der Waals surface area (Å²) in [5.41, 5.74) is 6.62. The minimum absolute atomic E-state index is 0.160. The van der Waals surface area contributed by atoms with E-state index in [2.05, 4.69) is 9.72 Å². The minimum atomic E-state index is -0.464. The highest BCUT2D eigenvalue weighted by Crippen LogP contribution is 2.29. The molecule has 98 valence electrons. The Labute approximate surface area is 105 Å². The van der Waals surface area contributed by atoms with Crippen LogP contribution in [0.3, 0.4) is 0 Å². The lowest BCUT2D eigenvalue weighted by atomic mass is 10.1. The molecule has 1 saturated heterocycles. The maximum absolute atomic E-state index is 11.5. The van der Waals surface area contributed by atoms with E-state index in [-0.39, 0.29) is 12.5 Å². The number of pyridine rings is 1. The molecule has 18 heavy (non-hydrogen) atoms. The molecule has 1 unspecified atom stereocenters. The third kappa shape index (κ3) is 2.24. The normalized spacial score (nSPS) is 19.0. The number of hydrogen-bond donors (Lipinski definition) is 2. The highest BCUT2D eigenvalue weighted by molar-refractivity contribution is 5.97. The molecule has 1 aromatic heterocycles. The number of nitrogens with two attached hydrogens (primary N) is 1. The van der Waals surface area contributed by atoms with E-state index in [0.717, 1.165) is 13.0 Å². The topological polar surface area (TPSA) is 88.7 Å². The molecule has 0 saturated carbocycles. The Morgan fingerprint density at radius 1 is 1.72 bits per heavy atom. The second kappa shape index (κ2) is 5.22. The van der Waals surface area contributed by atoms with Gasteiger partial charge < -0.3 is 20.5 Å². The fourth-order valence-corrected chi connectivity index (χ4v) is 2.18. The van der Waals surface area contributed by atoms with Crippen LogP contribution in [0.2, 0.25) is 0 Å². The van der Waals surface area contributed by atoms with Crippen molar-refractivity contribution in [3.8, 4) is 0 Å². The Morgan fingerprint density at radius 3 is 3.11 bits per heavy atom. The van der Waals surface area contributed by atoms with Gasteiger partial charge in [-0.2, -0.15) is 0 Å². The van der Waals surface area contributed by atoms with E-state index in [1.807, 2.05) is 4.90 Å². The lowest BCUT2D eigenvalue weighted by Crippen LogP contribution is -2.23. The molecule has 0 aliphatic carbocycles. The first-order valence-electron chi connectivity index (χ1n) is 5.86. The van der Waals surface area contributed by atoms with Crippen LogP contribution >= 0.6 is 0 Å². The lowest BCUT2D eigenvalue weighted by molar-refractivity contribution is 0.0602. The van der Waals surface area contributed by atoms with Crippen LogP contribution in [0.4, 0.5) is 11.5 Å². The number of esters is 1. The van der Waals surface area contributed by atoms with E-state index >= 15 is 0 Å². The summed E-state index contributed by atoms with van der Waals surface area (Å²) in [7, 11) is 1.32. The van der Waals surface area contributed by atoms with E-state index in [4.69, 9.17) is 10.8 Å². The molecule has 1 aliphatic heterocycles. The number of anilines is 2. The van der Waals surface area contributed by atoms with E-state index in [1.165, 1.54) is 7.11 Å². The molecule has 2 heterocycles. The maximum atomic E-state index is 11.5. The zero-order valence-corrected chi connectivity index (χ0v) is 10.3. The first-order chi connectivity index (χ1) is 8.67. The Bertz CT molecular complexity index is 450. The van der Waals surface area contributed by atoms with Crippen molar-refractivity contribution in [3.05, 3.63) is 17.8 Å². The van der Waals surface area contributed by atoms with Crippen molar-refractivity contribution in [2.24, 2.45) is 5.92 Å². The van der Waals surface area contributed by atoms with Gasteiger partial charge in [0.15, 0.2) is 5.82 Å². The quantitative estimate of drug-likeness (QED) is 0.750. The predicted molar refractivity (Wildman–Crippen MR) is 67.4 cm³/mol. The molecule has 1 aliphatic rings. The summed E-state index contributed by atoms with van der Waals surface area (Å²) in [4.78, 5) is 17.7. The number of methoxy groups -OCH3 is 1. The highest BCUT2D eigenvalue weighted by atomic mass is 16.5. The minimum Gasteiger partial charge on any atom is -0.465 e. The first kappa shape index (κ1) is 12.6. The average molecular weight is 251 g/mol. The van der Waals surface area contributed by atoms with Crippen LogP contribution in [0.25, 0.3) is 0 Å². The molecule has 0 spiro atoms. The van der Waals surface area contributed by atoms with E-state index in [0.29, 0.717) is 23.6 Å². The van der Waals surface area contributed by atoms with Crippen LogP contribution < -0.4 is 10.6 Å². The predicted octanol–water partition coefficient (Wildman–Crippen LogP) is 0.269. The van der Waals surface area contributed by atoms with Crippen molar-refractivity contribution in [1.82, 2.24) is 4.98 Å². The van der Waals surface area contributed by atoms with E-state index in [1.54, 1.807) is 12.3 Å². The monoisotopic (exact) mass is 251 g/mol. The number of hydrogen-bond acceptors (Lipinski definition) is 6. The molecule has 0 bridgehead atoms. The van der Waals surface area contributed by atoms with Crippen LogP contribution in [0.1, 0.15) is 16.8 Å². The van der Waals surface area contributed by atoms with Gasteiger partial charge in [-0.3, -0.25) is 0 Å². The van der Waals surface area contributed by atoms with Crippen LogP contribution in [0, 0.1) is 5.92 Å². The molecule has 3 N–H and O–H groups in total. The lowest BCUT2D eigenvalue weighted by Gasteiger charge is -2.20. The van der Waals surface area contributed by atoms with Gasteiger partial charge in [0.1, 0.15) is 0 Å². The van der Waals surface area contributed by atoms with Gasteiger partial charge in [-0.25, -0.2) is 9.78 Å². The van der Waals surface area contributed by atoms with Crippen LogP contribution in [0.15, 0.2) is 12.3 Å². The second-order valence-electron chi connectivity index (χ2n) is 4.37. The van der Waals surface area contributed by atoms with Gasteiger partial charge in [0.25, 0.3) is 0 Å². The smallest absolute Gasteiger partial charge is 0.340 e. The molecule has 6 heteroatoms. The Hall–Kier alpha value is -1.82. The molecule has 1 fully saturated rings. The van der Waals surface area contributed by atoms with Gasteiger partial charge in [0, 0.05) is 31.8 Å². The molecular formula is C12H17N3O3. The SMILES string of the molecule is COC(=O)c1ccnc(N2CCC(CO)C2)c1N. The second-order valence-corrected chi connectivity index (χ2v) is 4.37. The van der Waals surface area contributed by atoms with Crippen molar-refractivity contribution in [1.29, 1.82) is 0 Å². The molecule has 1 aromatic rings. The summed E-state index contributed by atoms with van der Waals surface area (Å²) in [5.74, 6) is 0.371. The summed E-state index contributed by atoms with van der Waals surface area (Å²) in [5, 5.41) is 9.13. The third-order valence-corrected chi connectivity index (χ3v) is 3.22. The molecule has 6 nitrogen and oxygen atoms in total. The number of aliphatic hydroxyl groups is 1. The first-order valence-corrected chi connectivity index (χ1v) is 5.86. The third-order valence-electron chi connectivity index (χ3n) is 3.22. The standard InChI is InChI=1S/C12H17N3O3/c1-18-12(17)9-2-4-14-11(10(9)13)15-5-3-8(6-15)7-16/h2,4,8,16H,3,5-7,13H2,1H3. The van der Waals surface area contributed by atoms with Crippen LogP contribution in [-0.4, -0.2) is 42.9 Å². The summed E-state index contributed by atoms with van der Waals surface area (Å²) in [6.07, 6.45) is 2.45. The van der Waals surface area contributed by atoms with Gasteiger partial charge in [-0.15, -0.1) is 0 Å². The fraction of sp³-hybridized carbons (Fsp3) is 0.500. The number of aromatic nitrogens is 1. The molecule has 1 atom stereocenters. The van der Waals surface area contributed by atoms with E-state index in [9.17, 15) is 4.79 Å². The zero-order valence-electron chi connectivity index (χ0n) is 10.3. The Morgan fingerprint density at radius 2 is 2.50 bits per heavy atom. The Kier molecular flexibility index (Phi) is 3.66. The van der Waals surface area contributed by atoms with Gasteiger partial charge in [0.05, 0.1) is 18.4 Å². The number of carbonyl (C=O) groups excluding carboxylic acids is 1. The number of nitrogen functional groups attached to an aromatic ring is 1. The molecule has 0 amide bonds. The number of nitrogens with zero attached hydrogens (tertiary/aromatic N) is 2. The average Bonchev–Trinajstić information content (AvgIpc) is 2.86. The summed E-state index contributed by atoms with van der Waals surface area (Å²) >= 11 is 0. The van der Waals surface area contributed by atoms with Crippen molar-refractivity contribution in [2.45, 2.75) is 6.42 Å². The van der Waals surface area contributed by atoms with Gasteiger partial charge >= 0.3 is 5.97 Å². The molecule has 0 radical (unpaired) electrons. The fourth-order valence-electron chi connectivity index (χ4n) is 2.18. The number of ether oxygens (including phenoxy) is 1. The zero-order chi connectivity index (χ0) is 13.1. The largest absolute Gasteiger partial charge is 0.465 e. The van der Waals surface area contributed by atoms with Gasteiger partial charge in [-0.05, 0) is 12.5 Å². The summed E-state index contributed by atoms with van der Waals surface area (Å²) in [6.45, 7) is 1.65. The van der Waals surface area contributed by atoms with Crippen molar-refractivity contribution in [2.75, 3.05) is 37.4 Å². The molecular weight excluding hydrogens is 234 g/mol. The maximum Gasteiger partial charge on any atom is 0.340 e. The van der Waals surface area contributed by atoms with Crippen LogP contribution in [-0.2, 0) is 4.74 Å². The van der Waals surface area contributed by atoms with Gasteiger partial charge in [0.2, 0.25) is 0 Å². The van der Waals surface area contributed by atoms with E-state index < -0.39 is 5.97 Å². The van der Waals surface area contributed by atoms with Crippen LogP contribution in [0.5, 0.6) is 0 Å². The summed E-state index contributed by atoms with van der Waals surface area (Å²) in [6, 6.07) is 1.55. The molecule has 2 rings (SSSR count). The number of carbonyl (C=O) groups is 1. The number of rotatable bonds is 3. The van der Waals surface area contributed by atoms with Crippen molar-refractivity contribution < 1.29 is 14.6 Å². The molecule has 0 aromatic carbocycles. The number of aliphatic hydroxyl groups excluding tert-OH is 1. The van der Waals surface area contributed by atoms with Crippen molar-refractivity contribution in [3.63, 3.8) is 0 Å². The van der Waals surface area contributed by atoms with Gasteiger partial charge in [-0.1, -0.05) is 0 Å². The van der Waals surface area contributed by atoms with Crippen molar-refractivity contribution >= 4 is 17.5 Å².